The van der Waals surface area contributed by atoms with Crippen molar-refractivity contribution in [1.29, 1.82) is 0 Å². The van der Waals surface area contributed by atoms with Crippen molar-refractivity contribution in [2.75, 3.05) is 0 Å². The van der Waals surface area contributed by atoms with E-state index in [1.165, 1.54) is 0 Å². The highest BCUT2D eigenvalue weighted by atomic mass is 32.2. The van der Waals surface area contributed by atoms with Gasteiger partial charge in [0.15, 0.2) is 9.84 Å². The zero-order valence-corrected chi connectivity index (χ0v) is 9.92. The molecule has 0 aliphatic rings. The fourth-order valence-corrected chi connectivity index (χ4v) is 2.87. The van der Waals surface area contributed by atoms with Gasteiger partial charge in [0, 0.05) is 0 Å². The van der Waals surface area contributed by atoms with Gasteiger partial charge in [0.05, 0.1) is 10.1 Å². The predicted molar refractivity (Wildman–Crippen MR) is 62.5 cm³/mol. The molecular formula is C12H16O2S. The molecule has 1 atom stereocenters. The van der Waals surface area contributed by atoms with E-state index in [2.05, 4.69) is 6.58 Å². The lowest BCUT2D eigenvalue weighted by Crippen LogP contribution is -2.19. The van der Waals surface area contributed by atoms with Crippen LogP contribution in [0.1, 0.15) is 20.3 Å². The van der Waals surface area contributed by atoms with Crippen molar-refractivity contribution in [3.8, 4) is 0 Å². The Balaban J connectivity index is 3.09. The lowest BCUT2D eigenvalue weighted by atomic mass is 10.2. The Kier molecular flexibility index (Phi) is 3.69. The summed E-state index contributed by atoms with van der Waals surface area (Å²) < 4.78 is 24.1. The van der Waals surface area contributed by atoms with E-state index in [-0.39, 0.29) is 0 Å². The second kappa shape index (κ2) is 4.62. The smallest absolute Gasteiger partial charge is 0.184 e. The molecule has 1 rings (SSSR count). The molecule has 2 nitrogen and oxygen atoms in total. The second-order valence-electron chi connectivity index (χ2n) is 3.51. The van der Waals surface area contributed by atoms with Crippen LogP contribution < -0.4 is 0 Å². The van der Waals surface area contributed by atoms with E-state index in [1.807, 2.05) is 6.92 Å². The van der Waals surface area contributed by atoms with Crippen LogP contribution in [0.2, 0.25) is 0 Å². The third-order valence-electron chi connectivity index (χ3n) is 2.57. The Morgan fingerprint density at radius 3 is 2.33 bits per heavy atom. The largest absolute Gasteiger partial charge is 0.223 e. The van der Waals surface area contributed by atoms with Gasteiger partial charge in [-0.1, -0.05) is 37.3 Å². The number of benzene rings is 1. The molecule has 15 heavy (non-hydrogen) atoms. The number of sulfone groups is 1. The first-order valence-electron chi connectivity index (χ1n) is 4.96. The SMILES string of the molecule is C=C(CC)C(C)S(=O)(=O)c1ccccc1. The minimum Gasteiger partial charge on any atom is -0.223 e. The summed E-state index contributed by atoms with van der Waals surface area (Å²) in [6.45, 7) is 7.39. The molecule has 0 spiro atoms. The number of hydrogen-bond donors (Lipinski definition) is 0. The van der Waals surface area contributed by atoms with Crippen molar-refractivity contribution < 1.29 is 8.42 Å². The Labute approximate surface area is 91.6 Å². The van der Waals surface area contributed by atoms with Gasteiger partial charge in [-0.3, -0.25) is 0 Å². The maximum Gasteiger partial charge on any atom is 0.184 e. The Hall–Kier alpha value is -1.09. The standard InChI is InChI=1S/C12H16O2S/c1-4-10(2)11(3)15(13,14)12-8-6-5-7-9-12/h5-9,11H,2,4H2,1,3H3. The lowest BCUT2D eigenvalue weighted by Gasteiger charge is -2.14. The summed E-state index contributed by atoms with van der Waals surface area (Å²) in [7, 11) is -3.25. The monoisotopic (exact) mass is 224 g/mol. The molecule has 1 unspecified atom stereocenters. The minimum atomic E-state index is -3.25. The molecular weight excluding hydrogens is 208 g/mol. The molecule has 0 amide bonds. The summed E-state index contributed by atoms with van der Waals surface area (Å²) in [5.41, 5.74) is 0.749. The molecule has 0 aliphatic heterocycles. The summed E-state index contributed by atoms with van der Waals surface area (Å²) in [6, 6.07) is 8.50. The van der Waals surface area contributed by atoms with Gasteiger partial charge in [-0.25, -0.2) is 8.42 Å². The van der Waals surface area contributed by atoms with E-state index in [0.717, 1.165) is 5.57 Å². The van der Waals surface area contributed by atoms with Crippen molar-refractivity contribution in [3.05, 3.63) is 42.5 Å². The van der Waals surface area contributed by atoms with Crippen LogP contribution >= 0.6 is 0 Å². The van der Waals surface area contributed by atoms with Crippen molar-refractivity contribution in [3.63, 3.8) is 0 Å². The molecule has 0 aliphatic carbocycles. The Morgan fingerprint density at radius 2 is 1.87 bits per heavy atom. The van der Waals surface area contributed by atoms with Crippen LogP contribution in [0.3, 0.4) is 0 Å². The highest BCUT2D eigenvalue weighted by Gasteiger charge is 2.24. The molecule has 82 valence electrons. The fourth-order valence-electron chi connectivity index (χ4n) is 1.32. The summed E-state index contributed by atoms with van der Waals surface area (Å²) in [6.07, 6.45) is 0.688. The van der Waals surface area contributed by atoms with Gasteiger partial charge in [-0.15, -0.1) is 0 Å². The summed E-state index contributed by atoms with van der Waals surface area (Å²) in [5.74, 6) is 0. The molecule has 0 radical (unpaired) electrons. The maximum absolute atomic E-state index is 12.1. The summed E-state index contributed by atoms with van der Waals surface area (Å²) >= 11 is 0. The van der Waals surface area contributed by atoms with Crippen LogP contribution in [0.5, 0.6) is 0 Å². The van der Waals surface area contributed by atoms with E-state index in [1.54, 1.807) is 37.3 Å². The van der Waals surface area contributed by atoms with E-state index in [9.17, 15) is 8.42 Å². The maximum atomic E-state index is 12.1. The van der Waals surface area contributed by atoms with Crippen molar-refractivity contribution in [2.24, 2.45) is 0 Å². The normalized spacial score (nSPS) is 13.5. The first kappa shape index (κ1) is 12.0. The third kappa shape index (κ3) is 2.48. The molecule has 0 heterocycles. The van der Waals surface area contributed by atoms with Gasteiger partial charge in [0.25, 0.3) is 0 Å². The summed E-state index contributed by atoms with van der Waals surface area (Å²) in [4.78, 5) is 0.368. The van der Waals surface area contributed by atoms with Crippen LogP contribution in [0.25, 0.3) is 0 Å². The first-order chi connectivity index (χ1) is 7.00. The van der Waals surface area contributed by atoms with Crippen LogP contribution in [-0.4, -0.2) is 13.7 Å². The average molecular weight is 224 g/mol. The quantitative estimate of drug-likeness (QED) is 0.737. The van der Waals surface area contributed by atoms with E-state index >= 15 is 0 Å². The van der Waals surface area contributed by atoms with Gasteiger partial charge in [0.1, 0.15) is 0 Å². The number of hydrogen-bond acceptors (Lipinski definition) is 2. The van der Waals surface area contributed by atoms with Crippen LogP contribution in [0.15, 0.2) is 47.4 Å². The topological polar surface area (TPSA) is 34.1 Å². The predicted octanol–water partition coefficient (Wildman–Crippen LogP) is 2.82. The molecule has 0 fully saturated rings. The highest BCUT2D eigenvalue weighted by molar-refractivity contribution is 7.92. The zero-order chi connectivity index (χ0) is 11.5. The van der Waals surface area contributed by atoms with Gasteiger partial charge in [-0.05, 0) is 25.5 Å². The lowest BCUT2D eigenvalue weighted by molar-refractivity contribution is 0.588. The molecule has 0 aromatic heterocycles. The molecule has 0 saturated carbocycles. The van der Waals surface area contributed by atoms with Gasteiger partial charge in [0.2, 0.25) is 0 Å². The van der Waals surface area contributed by atoms with Gasteiger partial charge < -0.3 is 0 Å². The zero-order valence-electron chi connectivity index (χ0n) is 9.10. The number of rotatable bonds is 4. The Bertz CT molecular complexity index is 432. The summed E-state index contributed by atoms with van der Waals surface area (Å²) in [5, 5.41) is -0.509. The Morgan fingerprint density at radius 1 is 1.33 bits per heavy atom. The van der Waals surface area contributed by atoms with Crippen LogP contribution in [0, 0.1) is 0 Å². The first-order valence-corrected chi connectivity index (χ1v) is 6.51. The molecule has 0 bridgehead atoms. The van der Waals surface area contributed by atoms with E-state index < -0.39 is 15.1 Å². The minimum absolute atomic E-state index is 0.368. The van der Waals surface area contributed by atoms with Gasteiger partial charge >= 0.3 is 0 Å². The molecule has 1 aromatic carbocycles. The molecule has 0 N–H and O–H groups in total. The second-order valence-corrected chi connectivity index (χ2v) is 5.78. The van der Waals surface area contributed by atoms with Gasteiger partial charge in [-0.2, -0.15) is 0 Å². The van der Waals surface area contributed by atoms with Crippen molar-refractivity contribution in [2.45, 2.75) is 30.4 Å². The van der Waals surface area contributed by atoms with Crippen LogP contribution in [-0.2, 0) is 9.84 Å². The average Bonchev–Trinajstić information content (AvgIpc) is 2.28. The fraction of sp³-hybridized carbons (Fsp3) is 0.333. The van der Waals surface area contributed by atoms with Crippen LogP contribution in [0.4, 0.5) is 0 Å². The van der Waals surface area contributed by atoms with E-state index in [0.29, 0.717) is 11.3 Å². The molecule has 0 saturated heterocycles. The highest BCUT2D eigenvalue weighted by Crippen LogP contribution is 2.21. The molecule has 3 heteroatoms. The third-order valence-corrected chi connectivity index (χ3v) is 4.76. The van der Waals surface area contributed by atoms with E-state index in [4.69, 9.17) is 0 Å². The molecule has 1 aromatic rings. The van der Waals surface area contributed by atoms with Crippen molar-refractivity contribution >= 4 is 9.84 Å². The van der Waals surface area contributed by atoms with Crippen molar-refractivity contribution in [1.82, 2.24) is 0 Å².